The minimum Gasteiger partial charge on any atom is -0.508 e. The molecule has 30 heavy (non-hydrogen) atoms. The van der Waals surface area contributed by atoms with Gasteiger partial charge in [-0.3, -0.25) is 0 Å². The van der Waals surface area contributed by atoms with Gasteiger partial charge in [0.2, 0.25) is 0 Å². The predicted octanol–water partition coefficient (Wildman–Crippen LogP) is 5.40. The Balaban J connectivity index is 2.48. The zero-order chi connectivity index (χ0) is 22.9. The Bertz CT molecular complexity index is 962. The molecule has 0 aliphatic heterocycles. The molecule has 164 valence electrons. The molecule has 9 heteroatoms. The van der Waals surface area contributed by atoms with Gasteiger partial charge >= 0.3 is 12.4 Å². The number of aliphatic hydroxyl groups is 1. The van der Waals surface area contributed by atoms with Gasteiger partial charge in [0, 0.05) is 11.0 Å². The summed E-state index contributed by atoms with van der Waals surface area (Å²) in [5, 5.41) is 29.9. The maximum absolute atomic E-state index is 13.7. The number of aromatic hydroxyl groups is 2. The normalized spacial score (nSPS) is 21.5. The van der Waals surface area contributed by atoms with Crippen LogP contribution in [0.25, 0.3) is 0 Å². The van der Waals surface area contributed by atoms with Crippen LogP contribution in [0.3, 0.4) is 0 Å². The second kappa shape index (κ2) is 6.29. The third-order valence-corrected chi connectivity index (χ3v) is 5.95. The molecule has 0 saturated heterocycles. The van der Waals surface area contributed by atoms with Crippen LogP contribution in [0.4, 0.5) is 26.3 Å². The van der Waals surface area contributed by atoms with E-state index in [1.165, 1.54) is 37.3 Å². The van der Waals surface area contributed by atoms with Crippen molar-refractivity contribution in [3.05, 3.63) is 58.7 Å². The van der Waals surface area contributed by atoms with Crippen molar-refractivity contribution >= 4 is 0 Å². The van der Waals surface area contributed by atoms with Crippen LogP contribution in [0.2, 0.25) is 0 Å². The molecule has 0 aromatic heterocycles. The van der Waals surface area contributed by atoms with Gasteiger partial charge in [-0.1, -0.05) is 39.0 Å². The first-order valence-corrected chi connectivity index (χ1v) is 8.99. The van der Waals surface area contributed by atoms with Crippen molar-refractivity contribution in [2.45, 2.75) is 56.0 Å². The Hall–Kier alpha value is -2.42. The average molecular weight is 434 g/mol. The molecule has 2 aromatic carbocycles. The van der Waals surface area contributed by atoms with Crippen LogP contribution in [0.15, 0.2) is 36.4 Å². The van der Waals surface area contributed by atoms with Crippen LogP contribution in [-0.2, 0) is 16.4 Å². The van der Waals surface area contributed by atoms with Crippen molar-refractivity contribution in [2.75, 3.05) is 0 Å². The molecule has 0 saturated carbocycles. The van der Waals surface area contributed by atoms with Gasteiger partial charge in [-0.2, -0.15) is 26.3 Å². The largest absolute Gasteiger partial charge is 0.508 e. The summed E-state index contributed by atoms with van der Waals surface area (Å²) in [6, 6.07) is 7.37. The summed E-state index contributed by atoms with van der Waals surface area (Å²) in [5.74, 6) is -1.42. The second-order valence-electron chi connectivity index (χ2n) is 8.53. The minimum atomic E-state index is -6.14. The highest BCUT2D eigenvalue weighted by Crippen LogP contribution is 2.61. The topological polar surface area (TPSA) is 60.7 Å². The maximum Gasteiger partial charge on any atom is 0.430 e. The van der Waals surface area contributed by atoms with Crippen molar-refractivity contribution in [3.63, 3.8) is 0 Å². The number of halogens is 6. The Morgan fingerprint density at radius 3 is 1.77 bits per heavy atom. The summed E-state index contributed by atoms with van der Waals surface area (Å²) in [5.41, 5.74) is -9.07. The van der Waals surface area contributed by atoms with Gasteiger partial charge < -0.3 is 15.3 Å². The molecule has 1 aliphatic rings. The van der Waals surface area contributed by atoms with Crippen LogP contribution in [0, 0.1) is 0 Å². The van der Waals surface area contributed by atoms with Gasteiger partial charge in [-0.25, -0.2) is 0 Å². The fraction of sp³-hybridized carbons (Fsp3) is 0.429. The van der Waals surface area contributed by atoms with E-state index in [0.29, 0.717) is 5.56 Å². The summed E-state index contributed by atoms with van der Waals surface area (Å²) < 4.78 is 82.3. The first-order valence-electron chi connectivity index (χ1n) is 8.99. The van der Waals surface area contributed by atoms with Gasteiger partial charge in [-0.05, 0) is 46.7 Å². The van der Waals surface area contributed by atoms with Crippen LogP contribution >= 0.6 is 0 Å². The molecule has 0 spiro atoms. The molecular weight excluding hydrogens is 414 g/mol. The average Bonchev–Trinajstić information content (AvgIpc) is 2.79. The molecule has 0 radical (unpaired) electrons. The van der Waals surface area contributed by atoms with Crippen molar-refractivity contribution < 1.29 is 41.7 Å². The SMILES string of the molecule is CC1(C)CC(C)(c2ccc(O)cc2)c2c1ccc(O)c2C(O)(C(F)(F)F)C(F)(F)F. The van der Waals surface area contributed by atoms with Crippen molar-refractivity contribution in [3.8, 4) is 11.5 Å². The molecule has 3 rings (SSSR count). The number of phenolic OH excluding ortho intramolecular Hbond substituents is 2. The summed E-state index contributed by atoms with van der Waals surface area (Å²) >= 11 is 0. The number of benzene rings is 2. The van der Waals surface area contributed by atoms with Crippen LogP contribution < -0.4 is 0 Å². The van der Waals surface area contributed by atoms with E-state index in [1.54, 1.807) is 13.8 Å². The monoisotopic (exact) mass is 434 g/mol. The fourth-order valence-corrected chi connectivity index (χ4v) is 4.68. The highest BCUT2D eigenvalue weighted by atomic mass is 19.4. The van der Waals surface area contributed by atoms with E-state index < -0.39 is 45.7 Å². The number of fused-ring (bicyclic) bond motifs is 1. The summed E-state index contributed by atoms with van der Waals surface area (Å²) in [6.07, 6.45) is -12.2. The van der Waals surface area contributed by atoms with Crippen molar-refractivity contribution in [2.24, 2.45) is 0 Å². The van der Waals surface area contributed by atoms with Gasteiger partial charge in [-0.15, -0.1) is 0 Å². The maximum atomic E-state index is 13.7. The quantitative estimate of drug-likeness (QED) is 0.555. The lowest BCUT2D eigenvalue weighted by molar-refractivity contribution is -0.376. The zero-order valence-corrected chi connectivity index (χ0v) is 16.3. The highest BCUT2D eigenvalue weighted by Gasteiger charge is 2.74. The Morgan fingerprint density at radius 1 is 0.800 bits per heavy atom. The van der Waals surface area contributed by atoms with Crippen molar-refractivity contribution in [1.82, 2.24) is 0 Å². The first kappa shape index (κ1) is 22.3. The van der Waals surface area contributed by atoms with E-state index in [-0.39, 0.29) is 17.7 Å². The third-order valence-electron chi connectivity index (χ3n) is 5.95. The van der Waals surface area contributed by atoms with E-state index in [9.17, 15) is 41.7 Å². The van der Waals surface area contributed by atoms with Crippen LogP contribution in [0.5, 0.6) is 11.5 Å². The smallest absolute Gasteiger partial charge is 0.430 e. The number of rotatable bonds is 2. The van der Waals surface area contributed by atoms with Gasteiger partial charge in [0.1, 0.15) is 11.5 Å². The highest BCUT2D eigenvalue weighted by molar-refractivity contribution is 5.61. The molecule has 3 nitrogen and oxygen atoms in total. The minimum absolute atomic E-state index is 0.113. The molecule has 0 heterocycles. The molecule has 1 atom stereocenters. The molecule has 0 bridgehead atoms. The summed E-state index contributed by atoms with van der Waals surface area (Å²) in [6.45, 7) is 4.79. The number of alkyl halides is 6. The van der Waals surface area contributed by atoms with Gasteiger partial charge in [0.15, 0.2) is 0 Å². The lowest BCUT2D eigenvalue weighted by atomic mass is 9.71. The summed E-state index contributed by atoms with van der Waals surface area (Å²) in [4.78, 5) is 0. The molecular formula is C21H20F6O3. The van der Waals surface area contributed by atoms with Crippen LogP contribution in [-0.4, -0.2) is 27.7 Å². The van der Waals surface area contributed by atoms with Crippen LogP contribution in [0.1, 0.15) is 49.4 Å². The molecule has 1 unspecified atom stereocenters. The molecule has 0 fully saturated rings. The lowest BCUT2D eigenvalue weighted by Crippen LogP contribution is -2.55. The van der Waals surface area contributed by atoms with E-state index in [2.05, 4.69) is 0 Å². The molecule has 3 N–H and O–H groups in total. The van der Waals surface area contributed by atoms with Gasteiger partial charge in [0.05, 0.1) is 0 Å². The number of hydrogen-bond acceptors (Lipinski definition) is 3. The predicted molar refractivity (Wildman–Crippen MR) is 96.3 cm³/mol. The van der Waals surface area contributed by atoms with E-state index >= 15 is 0 Å². The number of phenols is 2. The Morgan fingerprint density at radius 2 is 1.30 bits per heavy atom. The lowest BCUT2D eigenvalue weighted by Gasteiger charge is -2.38. The first-order chi connectivity index (χ1) is 13.5. The Kier molecular flexibility index (Phi) is 4.67. The molecule has 1 aliphatic carbocycles. The standard InChI is InChI=1S/C21H20F6O3/c1-17(2)10-18(3,11-4-6-12(28)7-5-11)15-13(17)8-9-14(29)16(15)19(30,20(22,23)24)21(25,26)27/h4-9,28-30H,10H2,1-3H3. The zero-order valence-electron chi connectivity index (χ0n) is 16.3. The van der Waals surface area contributed by atoms with E-state index in [1.807, 2.05) is 0 Å². The number of hydrogen-bond donors (Lipinski definition) is 3. The third kappa shape index (κ3) is 2.93. The van der Waals surface area contributed by atoms with E-state index in [4.69, 9.17) is 0 Å². The fourth-order valence-electron chi connectivity index (χ4n) is 4.68. The summed E-state index contributed by atoms with van der Waals surface area (Å²) in [7, 11) is 0. The van der Waals surface area contributed by atoms with Gasteiger partial charge in [0.25, 0.3) is 5.60 Å². The second-order valence-corrected chi connectivity index (χ2v) is 8.53. The van der Waals surface area contributed by atoms with E-state index in [0.717, 1.165) is 6.07 Å². The Labute approximate surface area is 168 Å². The molecule has 0 amide bonds. The van der Waals surface area contributed by atoms with Crippen molar-refractivity contribution in [1.29, 1.82) is 0 Å². The molecule has 2 aromatic rings.